The Bertz CT molecular complexity index is 299. The standard InChI is InChI=1S/C11H15ClS/c1-11(2,3)9-7-8(13-4)5-6-10(9)12/h5-7H,1-4H3. The first-order valence-corrected chi connectivity index (χ1v) is 5.89. The second-order valence-electron chi connectivity index (χ2n) is 4.10. The van der Waals surface area contributed by atoms with E-state index in [1.165, 1.54) is 10.5 Å². The summed E-state index contributed by atoms with van der Waals surface area (Å²) in [5, 5.41) is 0.866. The van der Waals surface area contributed by atoms with E-state index in [0.717, 1.165) is 5.02 Å². The Morgan fingerprint density at radius 2 is 1.85 bits per heavy atom. The predicted octanol–water partition coefficient (Wildman–Crippen LogP) is 4.36. The Hall–Kier alpha value is -0.140. The third kappa shape index (κ3) is 2.65. The number of benzene rings is 1. The summed E-state index contributed by atoms with van der Waals surface area (Å²) in [6.45, 7) is 6.54. The molecule has 13 heavy (non-hydrogen) atoms. The lowest BCUT2D eigenvalue weighted by Gasteiger charge is -2.21. The fourth-order valence-electron chi connectivity index (χ4n) is 1.21. The molecule has 1 aromatic rings. The molecule has 0 spiro atoms. The van der Waals surface area contributed by atoms with E-state index >= 15 is 0 Å². The van der Waals surface area contributed by atoms with E-state index in [-0.39, 0.29) is 5.41 Å². The number of hydrogen-bond acceptors (Lipinski definition) is 1. The molecule has 1 rings (SSSR count). The molecule has 1 aromatic carbocycles. The van der Waals surface area contributed by atoms with Gasteiger partial charge in [0.1, 0.15) is 0 Å². The van der Waals surface area contributed by atoms with Crippen LogP contribution in [-0.2, 0) is 5.41 Å². The molecule has 0 aromatic heterocycles. The smallest absolute Gasteiger partial charge is 0.0444 e. The van der Waals surface area contributed by atoms with Gasteiger partial charge in [0.05, 0.1) is 0 Å². The molecule has 0 fully saturated rings. The van der Waals surface area contributed by atoms with Crippen LogP contribution in [0.15, 0.2) is 23.1 Å². The van der Waals surface area contributed by atoms with Gasteiger partial charge in [-0.2, -0.15) is 0 Å². The van der Waals surface area contributed by atoms with Crippen LogP contribution in [-0.4, -0.2) is 6.26 Å². The summed E-state index contributed by atoms with van der Waals surface area (Å²) in [5.41, 5.74) is 1.35. The van der Waals surface area contributed by atoms with Crippen molar-refractivity contribution < 1.29 is 0 Å². The predicted molar refractivity (Wildman–Crippen MR) is 61.9 cm³/mol. The van der Waals surface area contributed by atoms with Gasteiger partial charge in [-0.3, -0.25) is 0 Å². The third-order valence-electron chi connectivity index (χ3n) is 1.98. The Morgan fingerprint density at radius 3 is 2.31 bits per heavy atom. The number of halogens is 1. The molecule has 0 aliphatic rings. The van der Waals surface area contributed by atoms with Crippen LogP contribution in [0.5, 0.6) is 0 Å². The Kier molecular flexibility index (Phi) is 3.31. The van der Waals surface area contributed by atoms with E-state index in [1.807, 2.05) is 6.07 Å². The van der Waals surface area contributed by atoms with Crippen LogP contribution in [0, 0.1) is 0 Å². The summed E-state index contributed by atoms with van der Waals surface area (Å²) >= 11 is 7.88. The molecular formula is C11H15ClS. The second kappa shape index (κ2) is 3.93. The molecule has 0 bridgehead atoms. The van der Waals surface area contributed by atoms with Crippen LogP contribution >= 0.6 is 23.4 Å². The van der Waals surface area contributed by atoms with Gasteiger partial charge >= 0.3 is 0 Å². The summed E-state index contributed by atoms with van der Waals surface area (Å²) in [5.74, 6) is 0. The van der Waals surface area contributed by atoms with Crippen molar-refractivity contribution in [2.24, 2.45) is 0 Å². The monoisotopic (exact) mass is 214 g/mol. The van der Waals surface area contributed by atoms with Gasteiger partial charge in [-0.1, -0.05) is 32.4 Å². The molecule has 0 aliphatic heterocycles. The molecular weight excluding hydrogens is 200 g/mol. The van der Waals surface area contributed by atoms with Crippen molar-refractivity contribution >= 4 is 23.4 Å². The Labute approximate surface area is 89.7 Å². The van der Waals surface area contributed by atoms with Crippen molar-refractivity contribution in [3.05, 3.63) is 28.8 Å². The van der Waals surface area contributed by atoms with E-state index < -0.39 is 0 Å². The van der Waals surface area contributed by atoms with Crippen LogP contribution < -0.4 is 0 Å². The molecule has 0 heterocycles. The van der Waals surface area contributed by atoms with Gasteiger partial charge in [-0.15, -0.1) is 11.8 Å². The normalized spacial score (nSPS) is 11.8. The Morgan fingerprint density at radius 1 is 1.23 bits per heavy atom. The SMILES string of the molecule is CSc1ccc(Cl)c(C(C)(C)C)c1. The Balaban J connectivity index is 3.19. The van der Waals surface area contributed by atoms with Gasteiger partial charge in [-0.25, -0.2) is 0 Å². The molecule has 0 atom stereocenters. The molecule has 2 heteroatoms. The third-order valence-corrected chi connectivity index (χ3v) is 3.04. The van der Waals surface area contributed by atoms with Crippen LogP contribution in [0.3, 0.4) is 0 Å². The summed E-state index contributed by atoms with van der Waals surface area (Å²) in [6.07, 6.45) is 2.08. The molecule has 72 valence electrons. The van der Waals surface area contributed by atoms with Crippen LogP contribution in [0.25, 0.3) is 0 Å². The van der Waals surface area contributed by atoms with Crippen molar-refractivity contribution in [1.82, 2.24) is 0 Å². The average molecular weight is 215 g/mol. The van der Waals surface area contributed by atoms with Gasteiger partial charge < -0.3 is 0 Å². The van der Waals surface area contributed by atoms with E-state index in [2.05, 4.69) is 39.2 Å². The lowest BCUT2D eigenvalue weighted by atomic mass is 9.87. The molecule has 0 amide bonds. The lowest BCUT2D eigenvalue weighted by Crippen LogP contribution is -2.11. The first-order chi connectivity index (χ1) is 5.95. The van der Waals surface area contributed by atoms with Crippen molar-refractivity contribution in [3.63, 3.8) is 0 Å². The van der Waals surface area contributed by atoms with Gasteiger partial charge in [0.25, 0.3) is 0 Å². The highest BCUT2D eigenvalue weighted by atomic mass is 35.5. The number of thioether (sulfide) groups is 1. The molecule has 0 N–H and O–H groups in total. The zero-order chi connectivity index (χ0) is 10.1. The lowest BCUT2D eigenvalue weighted by molar-refractivity contribution is 0.589. The van der Waals surface area contributed by atoms with Gasteiger partial charge in [-0.05, 0) is 35.4 Å². The minimum absolute atomic E-state index is 0.128. The van der Waals surface area contributed by atoms with Crippen molar-refractivity contribution in [1.29, 1.82) is 0 Å². The molecule has 0 saturated heterocycles. The highest BCUT2D eigenvalue weighted by Gasteiger charge is 2.17. The minimum Gasteiger partial charge on any atom is -0.130 e. The van der Waals surface area contributed by atoms with Crippen LogP contribution in [0.4, 0.5) is 0 Å². The fourth-order valence-corrected chi connectivity index (χ4v) is 2.05. The topological polar surface area (TPSA) is 0 Å². The van der Waals surface area contributed by atoms with E-state index in [1.54, 1.807) is 11.8 Å². The molecule has 0 unspecified atom stereocenters. The zero-order valence-corrected chi connectivity index (χ0v) is 10.1. The van der Waals surface area contributed by atoms with E-state index in [9.17, 15) is 0 Å². The van der Waals surface area contributed by atoms with Gasteiger partial charge in [0, 0.05) is 9.92 Å². The van der Waals surface area contributed by atoms with Crippen LogP contribution in [0.2, 0.25) is 5.02 Å². The summed E-state index contributed by atoms with van der Waals surface area (Å²) < 4.78 is 0. The van der Waals surface area contributed by atoms with Crippen molar-refractivity contribution in [3.8, 4) is 0 Å². The molecule has 0 aliphatic carbocycles. The first kappa shape index (κ1) is 10.9. The number of rotatable bonds is 1. The van der Waals surface area contributed by atoms with Crippen molar-refractivity contribution in [2.75, 3.05) is 6.26 Å². The second-order valence-corrected chi connectivity index (χ2v) is 5.38. The highest BCUT2D eigenvalue weighted by molar-refractivity contribution is 7.98. The molecule has 0 saturated carbocycles. The number of hydrogen-bond donors (Lipinski definition) is 0. The molecule has 0 radical (unpaired) electrons. The quantitative estimate of drug-likeness (QED) is 0.626. The van der Waals surface area contributed by atoms with E-state index in [0.29, 0.717) is 0 Å². The molecule has 0 nitrogen and oxygen atoms in total. The minimum atomic E-state index is 0.128. The van der Waals surface area contributed by atoms with Gasteiger partial charge in [0.15, 0.2) is 0 Å². The maximum atomic E-state index is 6.13. The summed E-state index contributed by atoms with van der Waals surface area (Å²) in [7, 11) is 0. The van der Waals surface area contributed by atoms with E-state index in [4.69, 9.17) is 11.6 Å². The zero-order valence-electron chi connectivity index (χ0n) is 8.52. The summed E-state index contributed by atoms with van der Waals surface area (Å²) in [4.78, 5) is 1.27. The average Bonchev–Trinajstić information content (AvgIpc) is 2.03. The van der Waals surface area contributed by atoms with Crippen molar-refractivity contribution in [2.45, 2.75) is 31.1 Å². The first-order valence-electron chi connectivity index (χ1n) is 4.29. The van der Waals surface area contributed by atoms with Crippen LogP contribution in [0.1, 0.15) is 26.3 Å². The maximum absolute atomic E-state index is 6.13. The fraction of sp³-hybridized carbons (Fsp3) is 0.455. The highest BCUT2D eigenvalue weighted by Crippen LogP contribution is 2.32. The largest absolute Gasteiger partial charge is 0.130 e. The maximum Gasteiger partial charge on any atom is 0.0444 e. The van der Waals surface area contributed by atoms with Gasteiger partial charge in [0.2, 0.25) is 0 Å². The summed E-state index contributed by atoms with van der Waals surface area (Å²) in [6, 6.07) is 6.21.